The zero-order chi connectivity index (χ0) is 21.1. The van der Waals surface area contributed by atoms with Gasteiger partial charge in [-0.1, -0.05) is 18.2 Å². The van der Waals surface area contributed by atoms with E-state index in [-0.39, 0.29) is 11.0 Å². The number of ether oxygens (including phenoxy) is 1. The van der Waals surface area contributed by atoms with E-state index in [4.69, 9.17) is 21.4 Å². The second-order valence-corrected chi connectivity index (χ2v) is 6.84. The van der Waals surface area contributed by atoms with Crippen LogP contribution in [-0.2, 0) is 0 Å². The molecule has 0 aliphatic carbocycles. The Labute approximate surface area is 178 Å². The van der Waals surface area contributed by atoms with Crippen LogP contribution in [0.4, 0.5) is 5.69 Å². The molecule has 0 bridgehead atoms. The number of carbonyl (C=O) groups excluding carboxylic acids is 1. The first-order valence-corrected chi connectivity index (χ1v) is 9.54. The van der Waals surface area contributed by atoms with E-state index in [9.17, 15) is 4.79 Å². The van der Waals surface area contributed by atoms with E-state index in [1.807, 2.05) is 31.2 Å². The van der Waals surface area contributed by atoms with Gasteiger partial charge in [0.05, 0.1) is 12.7 Å². The lowest BCUT2D eigenvalue weighted by Crippen LogP contribution is -2.34. The maximum atomic E-state index is 12.5. The summed E-state index contributed by atoms with van der Waals surface area (Å²) in [4.78, 5) is 21.2. The molecule has 0 atom stereocenters. The number of benzene rings is 2. The topological polar surface area (TPSA) is 89.3 Å². The normalized spacial score (nSPS) is 10.6. The summed E-state index contributed by atoms with van der Waals surface area (Å²) in [6, 6.07) is 16.2. The van der Waals surface area contributed by atoms with Gasteiger partial charge in [0.1, 0.15) is 5.75 Å². The molecule has 0 spiro atoms. The highest BCUT2D eigenvalue weighted by Crippen LogP contribution is 2.30. The summed E-state index contributed by atoms with van der Waals surface area (Å²) in [6.45, 7) is 1.92. The number of nitrogens with zero attached hydrogens (tertiary/aromatic N) is 2. The number of oxazole rings is 1. The van der Waals surface area contributed by atoms with Crippen molar-refractivity contribution in [3.63, 3.8) is 0 Å². The average Bonchev–Trinajstić information content (AvgIpc) is 3.19. The van der Waals surface area contributed by atoms with Crippen molar-refractivity contribution < 1.29 is 13.9 Å². The van der Waals surface area contributed by atoms with Crippen LogP contribution in [0, 0.1) is 6.92 Å². The number of methoxy groups -OCH3 is 1. The number of carbonyl (C=O) groups is 1. The van der Waals surface area contributed by atoms with Crippen molar-refractivity contribution in [3.05, 3.63) is 71.9 Å². The van der Waals surface area contributed by atoms with Crippen LogP contribution in [0.25, 0.3) is 22.7 Å². The number of aromatic nitrogens is 2. The molecule has 0 radical (unpaired) electrons. The van der Waals surface area contributed by atoms with Crippen LogP contribution < -0.4 is 15.4 Å². The number of hydrogen-bond donors (Lipinski definition) is 2. The Kier molecular flexibility index (Phi) is 5.40. The molecule has 0 saturated heterocycles. The third kappa shape index (κ3) is 3.85. The Morgan fingerprint density at radius 3 is 2.73 bits per heavy atom. The van der Waals surface area contributed by atoms with Gasteiger partial charge in [-0.25, -0.2) is 4.98 Å². The molecule has 8 heteroatoms. The molecule has 2 N–H and O–H groups in total. The molecule has 2 heterocycles. The molecule has 2 aromatic carbocycles. The van der Waals surface area contributed by atoms with Gasteiger partial charge in [0.2, 0.25) is 5.89 Å². The molecule has 0 saturated carbocycles. The number of thiocarbonyl (C=S) groups is 1. The molecule has 30 heavy (non-hydrogen) atoms. The van der Waals surface area contributed by atoms with Crippen molar-refractivity contribution in [1.82, 2.24) is 15.3 Å². The van der Waals surface area contributed by atoms with Gasteiger partial charge in [0.25, 0.3) is 5.91 Å². The molecule has 7 nitrogen and oxygen atoms in total. The molecule has 1 amide bonds. The van der Waals surface area contributed by atoms with E-state index >= 15 is 0 Å². The smallest absolute Gasteiger partial charge is 0.261 e. The lowest BCUT2D eigenvalue weighted by Gasteiger charge is -2.14. The summed E-state index contributed by atoms with van der Waals surface area (Å²) in [5.41, 5.74) is 3.96. The summed E-state index contributed by atoms with van der Waals surface area (Å²) in [6.07, 6.45) is 1.67. The maximum absolute atomic E-state index is 12.5. The van der Waals surface area contributed by atoms with Crippen molar-refractivity contribution in [1.29, 1.82) is 0 Å². The SMILES string of the molecule is COc1ccccc1C(=O)NC(=S)Nc1cccc(-c2nc3ncccc3o2)c1C. The minimum atomic E-state index is -0.358. The predicted octanol–water partition coefficient (Wildman–Crippen LogP) is 4.33. The monoisotopic (exact) mass is 418 g/mol. The fourth-order valence-electron chi connectivity index (χ4n) is 3.04. The van der Waals surface area contributed by atoms with Crippen molar-refractivity contribution in [2.45, 2.75) is 6.92 Å². The second kappa shape index (κ2) is 8.30. The third-order valence-corrected chi connectivity index (χ3v) is 4.76. The van der Waals surface area contributed by atoms with Gasteiger partial charge in [0.15, 0.2) is 16.3 Å². The quantitative estimate of drug-likeness (QED) is 0.477. The van der Waals surface area contributed by atoms with Gasteiger partial charge < -0.3 is 14.5 Å². The van der Waals surface area contributed by atoms with E-state index in [1.54, 1.807) is 36.5 Å². The Balaban J connectivity index is 1.54. The lowest BCUT2D eigenvalue weighted by atomic mass is 10.1. The lowest BCUT2D eigenvalue weighted by molar-refractivity contribution is 0.0975. The molecule has 4 rings (SSSR count). The standard InChI is InChI=1S/C22H18N4O3S/c1-13-14(21-25-19-18(29-21)11-6-12-23-19)8-5-9-16(13)24-22(30)26-20(27)15-7-3-4-10-17(15)28-2/h3-12H,1-2H3,(H2,24,26,27,30). The van der Waals surface area contributed by atoms with Crippen molar-refractivity contribution in [2.24, 2.45) is 0 Å². The molecule has 0 unspecified atom stereocenters. The largest absolute Gasteiger partial charge is 0.496 e. The summed E-state index contributed by atoms with van der Waals surface area (Å²) < 4.78 is 11.1. The van der Waals surface area contributed by atoms with Crippen LogP contribution in [-0.4, -0.2) is 28.1 Å². The van der Waals surface area contributed by atoms with Crippen LogP contribution in [0.2, 0.25) is 0 Å². The van der Waals surface area contributed by atoms with Crippen molar-refractivity contribution in [3.8, 4) is 17.2 Å². The maximum Gasteiger partial charge on any atom is 0.261 e. The summed E-state index contributed by atoms with van der Waals surface area (Å²) in [7, 11) is 1.51. The highest BCUT2D eigenvalue weighted by molar-refractivity contribution is 7.80. The highest BCUT2D eigenvalue weighted by Gasteiger charge is 2.16. The molecule has 0 fully saturated rings. The van der Waals surface area contributed by atoms with Gasteiger partial charge >= 0.3 is 0 Å². The van der Waals surface area contributed by atoms with Crippen LogP contribution in [0.1, 0.15) is 15.9 Å². The summed E-state index contributed by atoms with van der Waals surface area (Å²) in [5, 5.41) is 5.92. The zero-order valence-corrected chi connectivity index (χ0v) is 17.1. The first kappa shape index (κ1) is 19.5. The number of fused-ring (bicyclic) bond motifs is 1. The number of para-hydroxylation sites is 1. The van der Waals surface area contributed by atoms with Gasteiger partial charge in [-0.15, -0.1) is 0 Å². The number of pyridine rings is 1. The van der Waals surface area contributed by atoms with Crippen LogP contribution in [0.5, 0.6) is 5.75 Å². The van der Waals surface area contributed by atoms with E-state index in [0.717, 1.165) is 16.8 Å². The predicted molar refractivity (Wildman–Crippen MR) is 119 cm³/mol. The number of hydrogen-bond acceptors (Lipinski definition) is 6. The summed E-state index contributed by atoms with van der Waals surface area (Å²) in [5.74, 6) is 0.582. The average molecular weight is 418 g/mol. The molecule has 0 aliphatic rings. The van der Waals surface area contributed by atoms with E-state index in [1.165, 1.54) is 7.11 Å². The molecule has 150 valence electrons. The van der Waals surface area contributed by atoms with E-state index in [0.29, 0.717) is 28.4 Å². The van der Waals surface area contributed by atoms with Gasteiger partial charge in [-0.05, 0) is 61.1 Å². The van der Waals surface area contributed by atoms with Gasteiger partial charge in [0, 0.05) is 17.4 Å². The van der Waals surface area contributed by atoms with Crippen molar-refractivity contribution >= 4 is 40.2 Å². The van der Waals surface area contributed by atoms with E-state index < -0.39 is 0 Å². The third-order valence-electron chi connectivity index (χ3n) is 4.56. The Morgan fingerprint density at radius 1 is 1.10 bits per heavy atom. The zero-order valence-electron chi connectivity index (χ0n) is 16.3. The van der Waals surface area contributed by atoms with Gasteiger partial charge in [-0.3, -0.25) is 10.1 Å². The summed E-state index contributed by atoms with van der Waals surface area (Å²) >= 11 is 5.33. The first-order chi connectivity index (χ1) is 14.6. The molecular formula is C22H18N4O3S. The second-order valence-electron chi connectivity index (χ2n) is 6.43. The highest BCUT2D eigenvalue weighted by atomic mass is 32.1. The molecule has 2 aromatic heterocycles. The fraction of sp³-hybridized carbons (Fsp3) is 0.0909. The van der Waals surface area contributed by atoms with Crippen LogP contribution >= 0.6 is 12.2 Å². The number of nitrogens with one attached hydrogen (secondary N) is 2. The van der Waals surface area contributed by atoms with E-state index in [2.05, 4.69) is 20.6 Å². The number of amides is 1. The molecule has 0 aliphatic heterocycles. The number of anilines is 1. The van der Waals surface area contributed by atoms with Crippen LogP contribution in [0.15, 0.2) is 65.2 Å². The first-order valence-electron chi connectivity index (χ1n) is 9.13. The van der Waals surface area contributed by atoms with Crippen molar-refractivity contribution in [2.75, 3.05) is 12.4 Å². The Hall–Kier alpha value is -3.78. The molecule has 4 aromatic rings. The molecular weight excluding hydrogens is 400 g/mol. The number of rotatable bonds is 4. The van der Waals surface area contributed by atoms with Crippen LogP contribution in [0.3, 0.4) is 0 Å². The Bertz CT molecular complexity index is 1220. The minimum absolute atomic E-state index is 0.172. The van der Waals surface area contributed by atoms with Gasteiger partial charge in [-0.2, -0.15) is 4.98 Å². The fourth-order valence-corrected chi connectivity index (χ4v) is 3.25. The Morgan fingerprint density at radius 2 is 1.93 bits per heavy atom. The minimum Gasteiger partial charge on any atom is -0.496 e.